The van der Waals surface area contributed by atoms with Crippen molar-refractivity contribution in [1.82, 2.24) is 15.2 Å². The van der Waals surface area contributed by atoms with Crippen LogP contribution >= 0.6 is 0 Å². The third kappa shape index (κ3) is 2.39. The third-order valence-corrected chi connectivity index (χ3v) is 2.83. The van der Waals surface area contributed by atoms with Crippen molar-refractivity contribution in [2.24, 2.45) is 0 Å². The first-order valence-electron chi connectivity index (χ1n) is 5.40. The summed E-state index contributed by atoms with van der Waals surface area (Å²) in [5.41, 5.74) is 0.991. The maximum atomic E-state index is 12.0. The van der Waals surface area contributed by atoms with E-state index in [-0.39, 0.29) is 5.91 Å². The lowest BCUT2D eigenvalue weighted by atomic mass is 10.2. The molecule has 0 bridgehead atoms. The average Bonchev–Trinajstić information content (AvgIpc) is 2.71. The number of hydrogen-bond donors (Lipinski definition) is 2. The summed E-state index contributed by atoms with van der Waals surface area (Å²) in [4.78, 5) is 17.0. The molecule has 2 heterocycles. The summed E-state index contributed by atoms with van der Waals surface area (Å²) >= 11 is 0. The van der Waals surface area contributed by atoms with Gasteiger partial charge in [-0.05, 0) is 19.1 Å². The molecule has 1 aliphatic rings. The van der Waals surface area contributed by atoms with Gasteiger partial charge >= 0.3 is 0 Å². The molecule has 1 aromatic heterocycles. The molecule has 1 aliphatic heterocycles. The summed E-state index contributed by atoms with van der Waals surface area (Å²) in [5, 5.41) is 3.28. The number of piperazine rings is 1. The van der Waals surface area contributed by atoms with Gasteiger partial charge in [-0.15, -0.1) is 0 Å². The molecule has 0 spiro atoms. The van der Waals surface area contributed by atoms with Gasteiger partial charge in [0.2, 0.25) is 5.91 Å². The van der Waals surface area contributed by atoms with Gasteiger partial charge in [-0.3, -0.25) is 4.79 Å². The van der Waals surface area contributed by atoms with Crippen LogP contribution < -0.4 is 5.32 Å². The number of aromatic amines is 1. The van der Waals surface area contributed by atoms with Crippen LogP contribution in [0.25, 0.3) is 0 Å². The fourth-order valence-electron chi connectivity index (χ4n) is 1.95. The Hall–Kier alpha value is -1.29. The zero-order valence-corrected chi connectivity index (χ0v) is 8.99. The highest BCUT2D eigenvalue weighted by atomic mass is 16.2. The van der Waals surface area contributed by atoms with E-state index < -0.39 is 0 Å². The van der Waals surface area contributed by atoms with Crippen LogP contribution in [-0.2, 0) is 11.2 Å². The Balaban J connectivity index is 1.95. The molecule has 1 unspecified atom stereocenters. The van der Waals surface area contributed by atoms with Gasteiger partial charge in [0.25, 0.3) is 0 Å². The van der Waals surface area contributed by atoms with Gasteiger partial charge in [-0.2, -0.15) is 0 Å². The second-order valence-electron chi connectivity index (χ2n) is 4.01. The lowest BCUT2D eigenvalue weighted by Crippen LogP contribution is -2.52. The number of hydrogen-bond acceptors (Lipinski definition) is 2. The van der Waals surface area contributed by atoms with E-state index in [4.69, 9.17) is 0 Å². The maximum absolute atomic E-state index is 12.0. The Bertz CT molecular complexity index is 321. The molecule has 1 amide bonds. The number of carbonyl (C=O) groups is 1. The first-order chi connectivity index (χ1) is 7.27. The highest BCUT2D eigenvalue weighted by Gasteiger charge is 2.22. The van der Waals surface area contributed by atoms with Crippen molar-refractivity contribution in [2.45, 2.75) is 19.4 Å². The summed E-state index contributed by atoms with van der Waals surface area (Å²) in [6, 6.07) is 4.18. The van der Waals surface area contributed by atoms with Crippen LogP contribution in [0.2, 0.25) is 0 Å². The molecule has 4 heteroatoms. The number of amides is 1. The van der Waals surface area contributed by atoms with Crippen molar-refractivity contribution >= 4 is 5.91 Å². The summed E-state index contributed by atoms with van der Waals surface area (Å²) < 4.78 is 0. The first kappa shape index (κ1) is 10.2. The van der Waals surface area contributed by atoms with E-state index in [1.807, 2.05) is 23.2 Å². The summed E-state index contributed by atoms with van der Waals surface area (Å²) in [7, 11) is 0. The van der Waals surface area contributed by atoms with Gasteiger partial charge in [-0.25, -0.2) is 0 Å². The largest absolute Gasteiger partial charge is 0.365 e. The molecule has 2 rings (SSSR count). The van der Waals surface area contributed by atoms with E-state index in [0.717, 1.165) is 25.3 Å². The number of nitrogens with zero attached hydrogens (tertiary/aromatic N) is 1. The molecule has 0 aromatic carbocycles. The van der Waals surface area contributed by atoms with E-state index >= 15 is 0 Å². The predicted octanol–water partition coefficient (Wildman–Crippen LogP) is 0.377. The van der Waals surface area contributed by atoms with Crippen LogP contribution in [0.3, 0.4) is 0 Å². The molecule has 1 atom stereocenters. The van der Waals surface area contributed by atoms with Gasteiger partial charge in [0.1, 0.15) is 0 Å². The predicted molar refractivity (Wildman–Crippen MR) is 58.5 cm³/mol. The van der Waals surface area contributed by atoms with Gasteiger partial charge in [-0.1, -0.05) is 0 Å². The topological polar surface area (TPSA) is 48.1 Å². The molecular formula is C11H17N3O. The lowest BCUT2D eigenvalue weighted by Gasteiger charge is -2.34. The highest BCUT2D eigenvalue weighted by Crippen LogP contribution is 2.06. The molecule has 1 aromatic rings. The van der Waals surface area contributed by atoms with Crippen molar-refractivity contribution in [1.29, 1.82) is 0 Å². The Labute approximate surface area is 89.7 Å². The number of carbonyl (C=O) groups excluding carboxylic acids is 1. The molecule has 4 nitrogen and oxygen atoms in total. The van der Waals surface area contributed by atoms with Crippen LogP contribution in [0.4, 0.5) is 0 Å². The maximum Gasteiger partial charge on any atom is 0.228 e. The summed E-state index contributed by atoms with van der Waals surface area (Å²) in [6.07, 6.45) is 2.33. The molecule has 15 heavy (non-hydrogen) atoms. The van der Waals surface area contributed by atoms with E-state index in [1.54, 1.807) is 0 Å². The van der Waals surface area contributed by atoms with Crippen LogP contribution in [0.5, 0.6) is 0 Å². The van der Waals surface area contributed by atoms with Crippen LogP contribution in [0.1, 0.15) is 12.6 Å². The summed E-state index contributed by atoms with van der Waals surface area (Å²) in [6.45, 7) is 4.71. The SMILES string of the molecule is CC1CNCCN1C(=O)Cc1ccc[nH]1. The minimum absolute atomic E-state index is 0.214. The van der Waals surface area contributed by atoms with Crippen molar-refractivity contribution in [3.63, 3.8) is 0 Å². The highest BCUT2D eigenvalue weighted by molar-refractivity contribution is 5.78. The Morgan fingerprint density at radius 1 is 1.67 bits per heavy atom. The number of nitrogens with one attached hydrogen (secondary N) is 2. The Morgan fingerprint density at radius 2 is 2.53 bits per heavy atom. The van der Waals surface area contributed by atoms with Crippen LogP contribution in [0.15, 0.2) is 18.3 Å². The lowest BCUT2D eigenvalue weighted by molar-refractivity contribution is -0.133. The zero-order valence-electron chi connectivity index (χ0n) is 8.99. The fraction of sp³-hybridized carbons (Fsp3) is 0.545. The molecule has 82 valence electrons. The molecule has 0 aliphatic carbocycles. The molecule has 0 radical (unpaired) electrons. The molecule has 2 N–H and O–H groups in total. The Morgan fingerprint density at radius 3 is 3.20 bits per heavy atom. The van der Waals surface area contributed by atoms with E-state index in [2.05, 4.69) is 17.2 Å². The van der Waals surface area contributed by atoms with Crippen molar-refractivity contribution < 1.29 is 4.79 Å². The van der Waals surface area contributed by atoms with Crippen molar-refractivity contribution in [3.8, 4) is 0 Å². The number of H-pyrrole nitrogens is 1. The monoisotopic (exact) mass is 207 g/mol. The summed E-state index contributed by atoms with van der Waals surface area (Å²) in [5.74, 6) is 0.214. The van der Waals surface area contributed by atoms with Gasteiger partial charge in [0, 0.05) is 37.6 Å². The second kappa shape index (κ2) is 4.49. The number of aromatic nitrogens is 1. The minimum atomic E-state index is 0.214. The van der Waals surface area contributed by atoms with E-state index in [0.29, 0.717) is 12.5 Å². The van der Waals surface area contributed by atoms with Crippen LogP contribution in [-0.4, -0.2) is 41.5 Å². The molecule has 1 saturated heterocycles. The second-order valence-corrected chi connectivity index (χ2v) is 4.01. The normalized spacial score (nSPS) is 21.7. The third-order valence-electron chi connectivity index (χ3n) is 2.83. The van der Waals surface area contributed by atoms with Gasteiger partial charge in [0.05, 0.1) is 6.42 Å². The fourth-order valence-corrected chi connectivity index (χ4v) is 1.95. The van der Waals surface area contributed by atoms with Crippen molar-refractivity contribution in [2.75, 3.05) is 19.6 Å². The first-order valence-corrected chi connectivity index (χ1v) is 5.40. The quantitative estimate of drug-likeness (QED) is 0.736. The Kier molecular flexibility index (Phi) is 3.06. The zero-order chi connectivity index (χ0) is 10.7. The molecular weight excluding hydrogens is 190 g/mol. The van der Waals surface area contributed by atoms with Gasteiger partial charge < -0.3 is 15.2 Å². The van der Waals surface area contributed by atoms with Crippen LogP contribution in [0, 0.1) is 0 Å². The molecule has 1 fully saturated rings. The average molecular weight is 207 g/mol. The standard InChI is InChI=1S/C11H17N3O/c1-9-8-12-5-6-14(9)11(15)7-10-3-2-4-13-10/h2-4,9,12-13H,5-8H2,1H3. The van der Waals surface area contributed by atoms with Crippen molar-refractivity contribution in [3.05, 3.63) is 24.0 Å². The van der Waals surface area contributed by atoms with E-state index in [9.17, 15) is 4.79 Å². The van der Waals surface area contributed by atoms with E-state index in [1.165, 1.54) is 0 Å². The number of rotatable bonds is 2. The molecule has 0 saturated carbocycles. The smallest absolute Gasteiger partial charge is 0.228 e. The minimum Gasteiger partial charge on any atom is -0.365 e. The van der Waals surface area contributed by atoms with Gasteiger partial charge in [0.15, 0.2) is 0 Å².